The predicted molar refractivity (Wildman–Crippen MR) is 53.0 cm³/mol. The Hall–Kier alpha value is -1.62. The Kier molecular flexibility index (Phi) is 4.05. The Balaban J connectivity index is 2.57. The van der Waals surface area contributed by atoms with Crippen LogP contribution in [0, 0.1) is 5.82 Å². The maximum atomic E-state index is 12.8. The molecule has 0 fully saturated rings. The van der Waals surface area contributed by atoms with Crippen molar-refractivity contribution in [3.63, 3.8) is 0 Å². The lowest BCUT2D eigenvalue weighted by molar-refractivity contribution is -0.116. The summed E-state index contributed by atoms with van der Waals surface area (Å²) < 4.78 is 12.8. The van der Waals surface area contributed by atoms with Gasteiger partial charge in [-0.2, -0.15) is 0 Å². The highest BCUT2D eigenvalue weighted by Gasteiger charge is 2.04. The van der Waals surface area contributed by atoms with Crippen LogP contribution in [0.1, 0.15) is 12.8 Å². The molecule has 82 valence electrons. The van der Waals surface area contributed by atoms with Crippen LogP contribution in [-0.2, 0) is 4.79 Å². The van der Waals surface area contributed by atoms with Gasteiger partial charge < -0.3 is 15.5 Å². The summed E-state index contributed by atoms with van der Waals surface area (Å²) in [6.07, 6.45) is 0.547. The van der Waals surface area contributed by atoms with Crippen molar-refractivity contribution in [3.05, 3.63) is 24.0 Å². The zero-order valence-corrected chi connectivity index (χ0v) is 8.03. The second kappa shape index (κ2) is 5.31. The highest BCUT2D eigenvalue weighted by molar-refractivity contribution is 5.90. The number of aliphatic hydroxyl groups excluding tert-OH is 1. The lowest BCUT2D eigenvalue weighted by atomic mass is 10.2. The summed E-state index contributed by atoms with van der Waals surface area (Å²) in [7, 11) is 0. The number of carbonyl (C=O) groups is 1. The van der Waals surface area contributed by atoms with Crippen LogP contribution in [0.3, 0.4) is 0 Å². The van der Waals surface area contributed by atoms with E-state index in [4.69, 9.17) is 10.2 Å². The van der Waals surface area contributed by atoms with Gasteiger partial charge in [-0.1, -0.05) is 0 Å². The highest BCUT2D eigenvalue weighted by Crippen LogP contribution is 2.19. The Morgan fingerprint density at radius 3 is 2.80 bits per heavy atom. The number of aromatic hydroxyl groups is 1. The van der Waals surface area contributed by atoms with Gasteiger partial charge in [-0.3, -0.25) is 4.79 Å². The lowest BCUT2D eigenvalue weighted by Crippen LogP contribution is -2.11. The van der Waals surface area contributed by atoms with Crippen LogP contribution >= 0.6 is 0 Å². The molecule has 3 N–H and O–H groups in total. The number of phenolic OH excluding ortho intramolecular Hbond substituents is 1. The van der Waals surface area contributed by atoms with E-state index in [1.54, 1.807) is 0 Å². The second-order valence-corrected chi connectivity index (χ2v) is 3.04. The number of carbonyl (C=O) groups excluding carboxylic acids is 1. The number of aliphatic hydroxyl groups is 1. The molecule has 0 spiro atoms. The second-order valence-electron chi connectivity index (χ2n) is 3.04. The van der Waals surface area contributed by atoms with Crippen LogP contribution in [0.5, 0.6) is 5.75 Å². The molecule has 1 amide bonds. The molecule has 0 saturated heterocycles. The van der Waals surface area contributed by atoms with Gasteiger partial charge in [0.1, 0.15) is 0 Å². The van der Waals surface area contributed by atoms with E-state index in [-0.39, 0.29) is 24.6 Å². The highest BCUT2D eigenvalue weighted by atomic mass is 19.1. The van der Waals surface area contributed by atoms with Crippen molar-refractivity contribution in [1.29, 1.82) is 0 Å². The Labute approximate surface area is 86.4 Å². The number of anilines is 1. The number of amides is 1. The Bertz CT molecular complexity index is 355. The molecule has 0 aromatic heterocycles. The molecule has 0 atom stereocenters. The van der Waals surface area contributed by atoms with Crippen LogP contribution < -0.4 is 5.32 Å². The lowest BCUT2D eigenvalue weighted by Gasteiger charge is -2.04. The molecule has 1 aromatic carbocycles. The molecule has 0 aliphatic rings. The van der Waals surface area contributed by atoms with E-state index < -0.39 is 11.6 Å². The minimum atomic E-state index is -0.782. The molecular weight excluding hydrogens is 201 g/mol. The van der Waals surface area contributed by atoms with Crippen molar-refractivity contribution < 1.29 is 19.4 Å². The third kappa shape index (κ3) is 3.55. The van der Waals surface area contributed by atoms with Gasteiger partial charge in [0.05, 0.1) is 0 Å². The first-order chi connectivity index (χ1) is 7.13. The molecule has 1 rings (SSSR count). The Morgan fingerprint density at radius 2 is 2.20 bits per heavy atom. The fourth-order valence-corrected chi connectivity index (χ4v) is 1.05. The minimum absolute atomic E-state index is 0.0582. The maximum Gasteiger partial charge on any atom is 0.224 e. The molecule has 1 aromatic rings. The van der Waals surface area contributed by atoms with E-state index in [2.05, 4.69) is 5.32 Å². The van der Waals surface area contributed by atoms with Crippen molar-refractivity contribution in [1.82, 2.24) is 0 Å². The van der Waals surface area contributed by atoms with Gasteiger partial charge >= 0.3 is 0 Å². The molecule has 0 bridgehead atoms. The standard InChI is InChI=1S/C10H12FNO3/c11-8-6-7(3-4-9(8)14)12-10(15)2-1-5-13/h3-4,6,13-14H,1-2,5H2,(H,12,15). The first-order valence-electron chi connectivity index (χ1n) is 4.52. The van der Waals surface area contributed by atoms with Crippen molar-refractivity contribution >= 4 is 11.6 Å². The van der Waals surface area contributed by atoms with Crippen LogP contribution in [0.25, 0.3) is 0 Å². The number of rotatable bonds is 4. The summed E-state index contributed by atoms with van der Waals surface area (Å²) >= 11 is 0. The maximum absolute atomic E-state index is 12.8. The third-order valence-corrected chi connectivity index (χ3v) is 1.79. The fraction of sp³-hybridized carbons (Fsp3) is 0.300. The summed E-state index contributed by atoms with van der Waals surface area (Å²) in [6, 6.07) is 3.60. The van der Waals surface area contributed by atoms with Crippen molar-refractivity contribution in [3.8, 4) is 5.75 Å². The van der Waals surface area contributed by atoms with Crippen LogP contribution in [0.2, 0.25) is 0 Å². The molecule has 15 heavy (non-hydrogen) atoms. The van der Waals surface area contributed by atoms with E-state index in [9.17, 15) is 9.18 Å². The van der Waals surface area contributed by atoms with Gasteiger partial charge in [0.25, 0.3) is 0 Å². The zero-order chi connectivity index (χ0) is 11.3. The summed E-state index contributed by atoms with van der Waals surface area (Å²) in [5, 5.41) is 19.8. The number of halogens is 1. The minimum Gasteiger partial charge on any atom is -0.505 e. The van der Waals surface area contributed by atoms with Gasteiger partial charge in [-0.15, -0.1) is 0 Å². The number of phenols is 1. The third-order valence-electron chi connectivity index (χ3n) is 1.79. The molecule has 0 heterocycles. The van der Waals surface area contributed by atoms with Crippen molar-refractivity contribution in [2.24, 2.45) is 0 Å². The van der Waals surface area contributed by atoms with Crippen molar-refractivity contribution in [2.75, 3.05) is 11.9 Å². The largest absolute Gasteiger partial charge is 0.505 e. The SMILES string of the molecule is O=C(CCCO)Nc1ccc(O)c(F)c1. The average molecular weight is 213 g/mol. The van der Waals surface area contributed by atoms with E-state index in [1.807, 2.05) is 0 Å². The monoisotopic (exact) mass is 213 g/mol. The van der Waals surface area contributed by atoms with Crippen molar-refractivity contribution in [2.45, 2.75) is 12.8 Å². The Morgan fingerprint density at radius 1 is 1.47 bits per heavy atom. The van der Waals surface area contributed by atoms with Crippen LogP contribution in [0.15, 0.2) is 18.2 Å². The topological polar surface area (TPSA) is 69.6 Å². The first-order valence-corrected chi connectivity index (χ1v) is 4.52. The van der Waals surface area contributed by atoms with Gasteiger partial charge in [-0.05, 0) is 18.6 Å². The van der Waals surface area contributed by atoms with Gasteiger partial charge in [0, 0.05) is 24.8 Å². The number of nitrogens with one attached hydrogen (secondary N) is 1. The molecule has 0 aliphatic heterocycles. The fourth-order valence-electron chi connectivity index (χ4n) is 1.05. The molecule has 5 heteroatoms. The first kappa shape index (κ1) is 11.5. The number of benzene rings is 1. The number of hydrogen-bond acceptors (Lipinski definition) is 3. The van der Waals surface area contributed by atoms with Gasteiger partial charge in [0.2, 0.25) is 5.91 Å². The summed E-state index contributed by atoms with van der Waals surface area (Å²) in [6.45, 7) is -0.0582. The van der Waals surface area contributed by atoms with E-state index in [0.29, 0.717) is 6.42 Å². The molecule has 4 nitrogen and oxygen atoms in total. The average Bonchev–Trinajstić information content (AvgIpc) is 2.20. The van der Waals surface area contributed by atoms with Gasteiger partial charge in [-0.25, -0.2) is 4.39 Å². The molecule has 0 radical (unpaired) electrons. The predicted octanol–water partition coefficient (Wildman–Crippen LogP) is 1.24. The van der Waals surface area contributed by atoms with E-state index in [1.165, 1.54) is 6.07 Å². The normalized spacial score (nSPS) is 10.0. The van der Waals surface area contributed by atoms with Gasteiger partial charge in [0.15, 0.2) is 11.6 Å². The summed E-state index contributed by atoms with van der Waals surface area (Å²) in [4.78, 5) is 11.2. The van der Waals surface area contributed by atoms with E-state index >= 15 is 0 Å². The molecule has 0 aliphatic carbocycles. The smallest absolute Gasteiger partial charge is 0.224 e. The molecule has 0 unspecified atom stereocenters. The number of hydrogen-bond donors (Lipinski definition) is 3. The van der Waals surface area contributed by atoms with Crippen LogP contribution in [0.4, 0.5) is 10.1 Å². The zero-order valence-electron chi connectivity index (χ0n) is 8.03. The summed E-state index contributed by atoms with van der Waals surface area (Å²) in [5.74, 6) is -1.53. The quantitative estimate of drug-likeness (QED) is 0.659. The summed E-state index contributed by atoms with van der Waals surface area (Å²) in [5.41, 5.74) is 0.285. The van der Waals surface area contributed by atoms with Crippen LogP contribution in [-0.4, -0.2) is 22.7 Å². The molecular formula is C10H12FNO3. The van der Waals surface area contributed by atoms with E-state index in [0.717, 1.165) is 12.1 Å². The molecule has 0 saturated carbocycles.